The summed E-state index contributed by atoms with van der Waals surface area (Å²) >= 11 is 1.33. The molecule has 1 aliphatic rings. The molecule has 4 rings (SSSR count). The maximum Gasteiger partial charge on any atom is 0.573 e. The van der Waals surface area contributed by atoms with Gasteiger partial charge in [-0.1, -0.05) is 31.2 Å². The van der Waals surface area contributed by atoms with E-state index in [9.17, 15) is 27.1 Å². The lowest BCUT2D eigenvalue weighted by Crippen LogP contribution is -2.43. The molecule has 1 saturated heterocycles. The van der Waals surface area contributed by atoms with E-state index in [-0.39, 0.29) is 36.3 Å². The molecule has 1 fully saturated rings. The van der Waals surface area contributed by atoms with Crippen molar-refractivity contribution in [3.05, 3.63) is 84.0 Å². The van der Waals surface area contributed by atoms with E-state index >= 15 is 0 Å². The van der Waals surface area contributed by atoms with Gasteiger partial charge in [0.1, 0.15) is 35.6 Å². The third-order valence-electron chi connectivity index (χ3n) is 5.79. The van der Waals surface area contributed by atoms with Crippen LogP contribution in [-0.2, 0) is 21.6 Å². The molecule has 0 bridgehead atoms. The van der Waals surface area contributed by atoms with Crippen molar-refractivity contribution in [1.29, 1.82) is 0 Å². The van der Waals surface area contributed by atoms with Crippen molar-refractivity contribution in [3.63, 3.8) is 0 Å². The van der Waals surface area contributed by atoms with Crippen molar-refractivity contribution in [2.24, 2.45) is 0 Å². The molecular weight excluding hydrogens is 533 g/mol. The van der Waals surface area contributed by atoms with Crippen LogP contribution in [-0.4, -0.2) is 56.2 Å². The molecule has 2 heterocycles. The Hall–Kier alpha value is -3.00. The Morgan fingerprint density at radius 2 is 1.87 bits per heavy atom. The highest BCUT2D eigenvalue weighted by molar-refractivity contribution is 8.00. The highest BCUT2D eigenvalue weighted by Gasteiger charge is 2.41. The number of ether oxygens (including phenoxy) is 3. The van der Waals surface area contributed by atoms with Crippen molar-refractivity contribution in [1.82, 2.24) is 14.8 Å². The molecule has 38 heavy (non-hydrogen) atoms. The number of aromatic nitrogens is 3. The van der Waals surface area contributed by atoms with Crippen molar-refractivity contribution >= 4 is 17.8 Å². The van der Waals surface area contributed by atoms with Gasteiger partial charge in [0, 0.05) is 16.9 Å². The predicted octanol–water partition coefficient (Wildman–Crippen LogP) is 4.92. The number of halogens is 5. The molecule has 204 valence electrons. The molecule has 1 N–H and O–H groups in total. The van der Waals surface area contributed by atoms with E-state index in [1.165, 1.54) is 59.4 Å². The molecule has 2 aromatic carbocycles. The Bertz CT molecular complexity index is 1220. The molecule has 0 aliphatic carbocycles. The molecule has 1 aliphatic heterocycles. The average Bonchev–Trinajstić information content (AvgIpc) is 3.36. The Kier molecular flexibility index (Phi) is 8.71. The van der Waals surface area contributed by atoms with E-state index in [2.05, 4.69) is 14.8 Å². The van der Waals surface area contributed by atoms with E-state index in [1.54, 1.807) is 19.1 Å². The van der Waals surface area contributed by atoms with Crippen LogP contribution in [0.15, 0.2) is 61.2 Å². The second kappa shape index (κ2) is 11.8. The summed E-state index contributed by atoms with van der Waals surface area (Å²) in [6.45, 7) is 2.13. The summed E-state index contributed by atoms with van der Waals surface area (Å²) < 4.78 is 81.8. The lowest BCUT2D eigenvalue weighted by Gasteiger charge is -2.37. The number of thioether (sulfide) groups is 1. The summed E-state index contributed by atoms with van der Waals surface area (Å²) in [6.07, 6.45) is 0.513. The lowest BCUT2D eigenvalue weighted by atomic mass is 9.90. The van der Waals surface area contributed by atoms with Gasteiger partial charge in [-0.05, 0) is 29.8 Å². The lowest BCUT2D eigenvalue weighted by molar-refractivity contribution is -0.274. The van der Waals surface area contributed by atoms with Gasteiger partial charge in [-0.25, -0.2) is 18.4 Å². The number of hydrogen-bond donors (Lipinski definition) is 1. The molecule has 0 amide bonds. The van der Waals surface area contributed by atoms with Crippen LogP contribution in [0.4, 0.5) is 22.0 Å². The average molecular weight is 558 g/mol. The minimum atomic E-state index is -4.76. The third kappa shape index (κ3) is 7.31. The first-order chi connectivity index (χ1) is 18.0. The SMILES string of the molecule is CC(SC1COC(/C=C/c2ccc(OC(F)(F)F)cc2)OC1)C(O)(Cn1cncn1)c1ccc(F)cc1F. The topological polar surface area (TPSA) is 78.6 Å². The summed E-state index contributed by atoms with van der Waals surface area (Å²) in [7, 11) is 0. The number of nitrogens with zero attached hydrogens (tertiary/aromatic N) is 3. The van der Waals surface area contributed by atoms with Gasteiger partial charge in [0.05, 0.1) is 25.0 Å². The second-order valence-corrected chi connectivity index (χ2v) is 10.2. The number of aliphatic hydroxyl groups is 1. The summed E-state index contributed by atoms with van der Waals surface area (Å²) in [6, 6.07) is 8.36. The first-order valence-electron chi connectivity index (χ1n) is 11.4. The molecule has 2 unspecified atom stereocenters. The van der Waals surface area contributed by atoms with E-state index in [4.69, 9.17) is 9.47 Å². The van der Waals surface area contributed by atoms with Crippen molar-refractivity contribution in [2.75, 3.05) is 13.2 Å². The van der Waals surface area contributed by atoms with Gasteiger partial charge in [-0.2, -0.15) is 5.10 Å². The Morgan fingerprint density at radius 3 is 2.47 bits per heavy atom. The summed E-state index contributed by atoms with van der Waals surface area (Å²) in [5, 5.41) is 14.8. The Morgan fingerprint density at radius 1 is 1.16 bits per heavy atom. The molecule has 2 atom stereocenters. The highest BCUT2D eigenvalue weighted by atomic mass is 32.2. The van der Waals surface area contributed by atoms with Crippen molar-refractivity contribution < 1.29 is 41.3 Å². The standard InChI is InChI=1S/C25H24F5N3O4S/c1-16(24(34,13-33-15-31-14-32-33)21-8-5-18(26)10-22(21)27)38-20-11-35-23(36-12-20)9-4-17-2-6-19(7-3-17)37-25(28,29)30/h2-10,14-16,20,23,34H,11-13H2,1H3/b9-4+. The monoisotopic (exact) mass is 557 g/mol. The molecule has 0 spiro atoms. The minimum absolute atomic E-state index is 0.0699. The minimum Gasteiger partial charge on any atom is -0.406 e. The summed E-state index contributed by atoms with van der Waals surface area (Å²) in [4.78, 5) is 3.86. The number of rotatable bonds is 9. The molecule has 7 nitrogen and oxygen atoms in total. The normalized spacial score (nSPS) is 20.8. The van der Waals surface area contributed by atoms with Crippen molar-refractivity contribution in [2.45, 2.75) is 42.2 Å². The van der Waals surface area contributed by atoms with Crippen LogP contribution < -0.4 is 4.74 Å². The van der Waals surface area contributed by atoms with Gasteiger partial charge >= 0.3 is 6.36 Å². The van der Waals surface area contributed by atoms with Crippen LogP contribution in [0.1, 0.15) is 18.1 Å². The van der Waals surface area contributed by atoms with Gasteiger partial charge < -0.3 is 19.3 Å². The summed E-state index contributed by atoms with van der Waals surface area (Å²) in [5.74, 6) is -1.95. The summed E-state index contributed by atoms with van der Waals surface area (Å²) in [5.41, 5.74) is -1.20. The zero-order valence-corrected chi connectivity index (χ0v) is 20.8. The van der Waals surface area contributed by atoms with Crippen molar-refractivity contribution in [3.8, 4) is 5.75 Å². The molecule has 0 saturated carbocycles. The third-order valence-corrected chi connectivity index (χ3v) is 7.24. The van der Waals surface area contributed by atoms with Crippen LogP contribution in [0.3, 0.4) is 0 Å². The maximum absolute atomic E-state index is 14.7. The number of alkyl halides is 3. The first kappa shape index (κ1) is 28.0. The maximum atomic E-state index is 14.7. The fraction of sp³-hybridized carbons (Fsp3) is 0.360. The van der Waals surface area contributed by atoms with Gasteiger partial charge in [-0.3, -0.25) is 0 Å². The zero-order chi connectivity index (χ0) is 27.3. The molecule has 13 heteroatoms. The zero-order valence-electron chi connectivity index (χ0n) is 20.0. The van der Waals surface area contributed by atoms with Crippen LogP contribution in [0.5, 0.6) is 5.75 Å². The Balaban J connectivity index is 1.36. The molecular formula is C25H24F5N3O4S. The largest absolute Gasteiger partial charge is 0.573 e. The second-order valence-electron chi connectivity index (χ2n) is 8.55. The number of hydrogen-bond acceptors (Lipinski definition) is 7. The molecule has 0 radical (unpaired) electrons. The molecule has 3 aromatic rings. The molecule has 1 aromatic heterocycles. The predicted molar refractivity (Wildman–Crippen MR) is 129 cm³/mol. The number of benzene rings is 2. The van der Waals surface area contributed by atoms with Gasteiger partial charge in [0.25, 0.3) is 0 Å². The van der Waals surface area contributed by atoms with Gasteiger partial charge in [0.15, 0.2) is 6.29 Å². The van der Waals surface area contributed by atoms with Crippen LogP contribution in [0.2, 0.25) is 0 Å². The van der Waals surface area contributed by atoms with Crippen LogP contribution >= 0.6 is 11.8 Å². The van der Waals surface area contributed by atoms with E-state index in [0.717, 1.165) is 12.1 Å². The van der Waals surface area contributed by atoms with E-state index in [1.807, 2.05) is 0 Å². The fourth-order valence-corrected chi connectivity index (χ4v) is 5.21. The quantitative estimate of drug-likeness (QED) is 0.375. The van der Waals surface area contributed by atoms with Crippen LogP contribution in [0.25, 0.3) is 6.08 Å². The van der Waals surface area contributed by atoms with E-state index in [0.29, 0.717) is 5.56 Å². The fourth-order valence-electron chi connectivity index (χ4n) is 3.90. The van der Waals surface area contributed by atoms with Gasteiger partial charge in [0.2, 0.25) is 0 Å². The van der Waals surface area contributed by atoms with E-state index < -0.39 is 35.1 Å². The highest BCUT2D eigenvalue weighted by Crippen LogP contribution is 2.38. The first-order valence-corrected chi connectivity index (χ1v) is 12.4. The smallest absolute Gasteiger partial charge is 0.406 e. The van der Waals surface area contributed by atoms with Gasteiger partial charge in [-0.15, -0.1) is 24.9 Å². The Labute approximate surface area is 219 Å². The van der Waals surface area contributed by atoms with Crippen LogP contribution in [0, 0.1) is 11.6 Å².